The van der Waals surface area contributed by atoms with Crippen molar-refractivity contribution in [3.63, 3.8) is 0 Å². The van der Waals surface area contributed by atoms with Gasteiger partial charge in [0.05, 0.1) is 16.6 Å². The largest absolute Gasteiger partial charge is 0.361 e. The van der Waals surface area contributed by atoms with Crippen LogP contribution in [-0.4, -0.2) is 20.0 Å². The minimum Gasteiger partial charge on any atom is -0.361 e. The molecule has 1 aromatic carbocycles. The molecule has 0 bridgehead atoms. The number of Topliss-reactive ketones (excluding diaryl/α,β-unsaturated/α-hetero) is 1. The van der Waals surface area contributed by atoms with E-state index in [0.717, 1.165) is 12.1 Å². The number of hydrogen-bond acceptors (Lipinski definition) is 4. The molecule has 1 N–H and O–H groups in total. The summed E-state index contributed by atoms with van der Waals surface area (Å²) in [5, 5.41) is 3.08. The van der Waals surface area contributed by atoms with Crippen molar-refractivity contribution in [1.82, 2.24) is 5.32 Å². The van der Waals surface area contributed by atoms with Crippen LogP contribution in [0.25, 0.3) is 0 Å². The van der Waals surface area contributed by atoms with E-state index >= 15 is 0 Å². The lowest BCUT2D eigenvalue weighted by atomic mass is 9.69. The maximum Gasteiger partial charge on any atom is 0.194 e. The highest BCUT2D eigenvalue weighted by Gasteiger charge is 2.48. The summed E-state index contributed by atoms with van der Waals surface area (Å²) in [4.78, 5) is 13.1. The molecule has 0 aromatic heterocycles. The lowest BCUT2D eigenvalue weighted by Gasteiger charge is -2.38. The molecule has 0 spiro atoms. The predicted molar refractivity (Wildman–Crippen MR) is 92.7 cm³/mol. The maximum atomic E-state index is 13.9. The summed E-state index contributed by atoms with van der Waals surface area (Å²) < 4.78 is 66.6. The fourth-order valence-corrected chi connectivity index (χ4v) is 5.97. The molecule has 4 nitrogen and oxygen atoms in total. The molecular formula is C19H18F3NO3S. The van der Waals surface area contributed by atoms with Crippen LogP contribution < -0.4 is 5.32 Å². The first-order chi connectivity index (χ1) is 12.5. The van der Waals surface area contributed by atoms with Gasteiger partial charge in [-0.25, -0.2) is 21.6 Å². The second kappa shape index (κ2) is 5.70. The van der Waals surface area contributed by atoms with Crippen molar-refractivity contribution < 1.29 is 26.4 Å². The van der Waals surface area contributed by atoms with Crippen LogP contribution in [0.15, 0.2) is 34.0 Å². The number of halogens is 3. The third-order valence-electron chi connectivity index (χ3n) is 5.63. The molecule has 27 heavy (non-hydrogen) atoms. The zero-order valence-electron chi connectivity index (χ0n) is 14.8. The number of rotatable bonds is 1. The number of dihydropyridines is 1. The number of hydrogen-bond donors (Lipinski definition) is 1. The monoisotopic (exact) mass is 397 g/mol. The molecule has 3 aliphatic rings. The third kappa shape index (κ3) is 2.64. The molecule has 144 valence electrons. The number of nitrogens with one attached hydrogen (secondary N) is 1. The van der Waals surface area contributed by atoms with Gasteiger partial charge in [0.15, 0.2) is 33.1 Å². The minimum atomic E-state index is -3.70. The zero-order valence-corrected chi connectivity index (χ0v) is 15.6. The fraction of sp³-hybridized carbons (Fsp3) is 0.421. The van der Waals surface area contributed by atoms with Crippen molar-refractivity contribution >= 4 is 15.6 Å². The van der Waals surface area contributed by atoms with Gasteiger partial charge in [-0.05, 0) is 30.5 Å². The lowest BCUT2D eigenvalue weighted by Crippen LogP contribution is -2.39. The number of ketones is 1. The zero-order chi connectivity index (χ0) is 19.7. The highest BCUT2D eigenvalue weighted by molar-refractivity contribution is 7.95. The first-order valence-electron chi connectivity index (χ1n) is 8.68. The molecule has 2 heterocycles. The first kappa shape index (κ1) is 18.3. The Hall–Kier alpha value is -2.09. The molecule has 8 heteroatoms. The Balaban J connectivity index is 1.99. The summed E-state index contributed by atoms with van der Waals surface area (Å²) in [6.07, 6.45) is 1.34. The summed E-state index contributed by atoms with van der Waals surface area (Å²) in [6, 6.07) is 1.57. The molecule has 0 saturated carbocycles. The third-order valence-corrected chi connectivity index (χ3v) is 7.52. The molecule has 1 atom stereocenters. The molecule has 1 aromatic rings. The average Bonchev–Trinajstić information content (AvgIpc) is 2.89. The fourth-order valence-electron chi connectivity index (χ4n) is 4.13. The summed E-state index contributed by atoms with van der Waals surface area (Å²) in [5.74, 6) is -5.97. The molecule has 1 unspecified atom stereocenters. The maximum absolute atomic E-state index is 13.9. The van der Waals surface area contributed by atoms with Gasteiger partial charge >= 0.3 is 0 Å². The van der Waals surface area contributed by atoms with Crippen molar-refractivity contribution in [2.45, 2.75) is 39.0 Å². The van der Waals surface area contributed by atoms with Crippen LogP contribution in [0.3, 0.4) is 0 Å². The molecule has 2 aliphatic heterocycles. The van der Waals surface area contributed by atoms with Crippen molar-refractivity contribution in [1.29, 1.82) is 0 Å². The van der Waals surface area contributed by atoms with Crippen LogP contribution in [0.4, 0.5) is 13.2 Å². The van der Waals surface area contributed by atoms with E-state index in [-0.39, 0.29) is 34.0 Å². The van der Waals surface area contributed by atoms with Gasteiger partial charge in [0.25, 0.3) is 0 Å². The van der Waals surface area contributed by atoms with Gasteiger partial charge in [-0.15, -0.1) is 0 Å². The highest BCUT2D eigenvalue weighted by Crippen LogP contribution is 2.50. The van der Waals surface area contributed by atoms with Gasteiger partial charge in [-0.1, -0.05) is 13.8 Å². The van der Waals surface area contributed by atoms with Crippen LogP contribution in [0.1, 0.15) is 44.6 Å². The SMILES string of the molecule is CC1(C)CCC2=C(C1=O)C(c1cc(F)c(F)c(F)c1)C1=C(CCS1(=O)=O)N2. The summed E-state index contributed by atoms with van der Waals surface area (Å²) >= 11 is 0. The van der Waals surface area contributed by atoms with E-state index in [9.17, 15) is 26.4 Å². The van der Waals surface area contributed by atoms with Crippen LogP contribution in [0, 0.1) is 22.9 Å². The summed E-state index contributed by atoms with van der Waals surface area (Å²) in [7, 11) is -3.70. The smallest absolute Gasteiger partial charge is 0.194 e. The Morgan fingerprint density at radius 2 is 1.70 bits per heavy atom. The number of allylic oxidation sites excluding steroid dienone is 4. The van der Waals surface area contributed by atoms with Gasteiger partial charge in [-0.2, -0.15) is 0 Å². The standard InChI is InChI=1S/C19H18F3NO3S/c1-19(2)5-3-12-15(18(19)24)14(9-7-10(20)16(22)11(21)8-9)17-13(23-12)4-6-27(17,25)26/h7-8,14,23H,3-6H2,1-2H3. The van der Waals surface area contributed by atoms with E-state index in [1.54, 1.807) is 13.8 Å². The lowest BCUT2D eigenvalue weighted by molar-refractivity contribution is -0.124. The summed E-state index contributed by atoms with van der Waals surface area (Å²) in [6.45, 7) is 3.52. The number of carbonyl (C=O) groups excluding carboxylic acids is 1. The molecular weight excluding hydrogens is 379 g/mol. The molecule has 4 rings (SSSR count). The normalized spacial score (nSPS) is 26.0. The van der Waals surface area contributed by atoms with Gasteiger partial charge in [0.1, 0.15) is 0 Å². The van der Waals surface area contributed by atoms with Crippen molar-refractivity contribution in [3.05, 3.63) is 57.0 Å². The van der Waals surface area contributed by atoms with Crippen LogP contribution in [0.5, 0.6) is 0 Å². The van der Waals surface area contributed by atoms with E-state index in [1.165, 1.54) is 0 Å². The molecule has 0 radical (unpaired) electrons. The van der Waals surface area contributed by atoms with E-state index < -0.39 is 38.6 Å². The molecule has 0 saturated heterocycles. The Morgan fingerprint density at radius 1 is 1.07 bits per heavy atom. The van der Waals surface area contributed by atoms with E-state index in [2.05, 4.69) is 5.32 Å². The van der Waals surface area contributed by atoms with Gasteiger partial charge in [-0.3, -0.25) is 4.79 Å². The predicted octanol–water partition coefficient (Wildman–Crippen LogP) is 3.46. The van der Waals surface area contributed by atoms with Crippen molar-refractivity contribution in [2.75, 3.05) is 5.75 Å². The molecule has 1 aliphatic carbocycles. The van der Waals surface area contributed by atoms with E-state index in [4.69, 9.17) is 0 Å². The quantitative estimate of drug-likeness (QED) is 0.738. The van der Waals surface area contributed by atoms with Crippen LogP contribution in [0.2, 0.25) is 0 Å². The molecule has 0 fully saturated rings. The van der Waals surface area contributed by atoms with Crippen molar-refractivity contribution in [2.24, 2.45) is 5.41 Å². The number of benzene rings is 1. The Morgan fingerprint density at radius 3 is 2.33 bits per heavy atom. The van der Waals surface area contributed by atoms with Gasteiger partial charge in [0, 0.05) is 28.8 Å². The van der Waals surface area contributed by atoms with E-state index in [1.807, 2.05) is 0 Å². The van der Waals surface area contributed by atoms with Crippen LogP contribution in [-0.2, 0) is 14.6 Å². The highest BCUT2D eigenvalue weighted by atomic mass is 32.2. The Kier molecular flexibility index (Phi) is 3.86. The topological polar surface area (TPSA) is 63.2 Å². The second-order valence-electron chi connectivity index (χ2n) is 7.87. The number of sulfone groups is 1. The molecule has 0 amide bonds. The van der Waals surface area contributed by atoms with Gasteiger partial charge in [0.2, 0.25) is 0 Å². The minimum absolute atomic E-state index is 0.0299. The van der Waals surface area contributed by atoms with E-state index in [0.29, 0.717) is 24.2 Å². The average molecular weight is 397 g/mol. The van der Waals surface area contributed by atoms with Crippen LogP contribution >= 0.6 is 0 Å². The summed E-state index contributed by atoms with van der Waals surface area (Å²) in [5.41, 5.74) is 0.461. The first-order valence-corrected chi connectivity index (χ1v) is 10.3. The second-order valence-corrected chi connectivity index (χ2v) is 9.95. The van der Waals surface area contributed by atoms with Gasteiger partial charge < -0.3 is 5.32 Å². The Bertz CT molecular complexity index is 1030. The van der Waals surface area contributed by atoms with Crippen molar-refractivity contribution in [3.8, 4) is 0 Å². The Labute approximate surface area is 155 Å². The number of carbonyl (C=O) groups is 1.